The molecular formula is C16H19N3O2. The van der Waals surface area contributed by atoms with E-state index < -0.39 is 0 Å². The average molecular weight is 285 g/mol. The highest BCUT2D eigenvalue weighted by Gasteiger charge is 2.47. The lowest BCUT2D eigenvalue weighted by molar-refractivity contribution is 0.0667. The molecule has 2 fully saturated rings. The summed E-state index contributed by atoms with van der Waals surface area (Å²) in [6.07, 6.45) is 8.46. The molecule has 1 N–H and O–H groups in total. The molecule has 1 saturated carbocycles. The third-order valence-electron chi connectivity index (χ3n) is 4.99. The van der Waals surface area contributed by atoms with Gasteiger partial charge in [0.15, 0.2) is 0 Å². The molecule has 0 bridgehead atoms. The van der Waals surface area contributed by atoms with Crippen LogP contribution in [0.2, 0.25) is 0 Å². The molecule has 4 rings (SSSR count). The summed E-state index contributed by atoms with van der Waals surface area (Å²) in [6, 6.07) is 5.79. The fraction of sp³-hybridized carbons (Fsp3) is 0.500. The van der Waals surface area contributed by atoms with E-state index >= 15 is 0 Å². The fourth-order valence-corrected chi connectivity index (χ4v) is 3.80. The SMILES string of the molecule is O=C(NC[C@]12CCC[C@H]1OCC2)c1ncc2ccccn12. The number of rotatable bonds is 3. The van der Waals surface area contributed by atoms with Crippen LogP contribution in [0.25, 0.3) is 5.52 Å². The molecular weight excluding hydrogens is 266 g/mol. The van der Waals surface area contributed by atoms with Crippen LogP contribution in [0.4, 0.5) is 0 Å². The molecule has 1 aliphatic heterocycles. The fourth-order valence-electron chi connectivity index (χ4n) is 3.80. The Morgan fingerprint density at radius 3 is 3.38 bits per heavy atom. The third-order valence-corrected chi connectivity index (χ3v) is 4.99. The van der Waals surface area contributed by atoms with Gasteiger partial charge < -0.3 is 10.1 Å². The molecule has 2 aromatic heterocycles. The number of hydrogen-bond donors (Lipinski definition) is 1. The van der Waals surface area contributed by atoms with Crippen molar-refractivity contribution < 1.29 is 9.53 Å². The minimum Gasteiger partial charge on any atom is -0.378 e. The van der Waals surface area contributed by atoms with Gasteiger partial charge in [0.25, 0.3) is 5.91 Å². The Hall–Kier alpha value is -1.88. The maximum Gasteiger partial charge on any atom is 0.287 e. The number of nitrogens with one attached hydrogen (secondary N) is 1. The van der Waals surface area contributed by atoms with Crippen LogP contribution in [0.1, 0.15) is 36.3 Å². The topological polar surface area (TPSA) is 55.6 Å². The number of amides is 1. The second kappa shape index (κ2) is 4.84. The molecule has 5 nitrogen and oxygen atoms in total. The number of carbonyl (C=O) groups is 1. The van der Waals surface area contributed by atoms with E-state index in [9.17, 15) is 4.79 Å². The standard InChI is InChI=1S/C16H19N3O2/c20-15(14-17-10-12-4-1-2-8-19(12)14)18-11-16-6-3-5-13(16)21-9-7-16/h1-2,4,8,10,13H,3,5-7,9,11H2,(H,18,20)/t13-,16-/m1/s1. The normalized spacial score (nSPS) is 27.9. The molecule has 0 aromatic carbocycles. The Bertz CT molecular complexity index is 669. The third kappa shape index (κ3) is 2.03. The molecule has 21 heavy (non-hydrogen) atoms. The molecule has 3 heterocycles. The van der Waals surface area contributed by atoms with Gasteiger partial charge in [-0.3, -0.25) is 9.20 Å². The highest BCUT2D eigenvalue weighted by atomic mass is 16.5. The largest absolute Gasteiger partial charge is 0.378 e. The van der Waals surface area contributed by atoms with Crippen molar-refractivity contribution in [2.45, 2.75) is 31.8 Å². The van der Waals surface area contributed by atoms with Crippen molar-refractivity contribution in [1.29, 1.82) is 0 Å². The van der Waals surface area contributed by atoms with Gasteiger partial charge in [0.2, 0.25) is 5.82 Å². The van der Waals surface area contributed by atoms with Gasteiger partial charge in [-0.2, -0.15) is 0 Å². The highest BCUT2D eigenvalue weighted by Crippen LogP contribution is 2.46. The zero-order valence-electron chi connectivity index (χ0n) is 11.9. The van der Waals surface area contributed by atoms with Gasteiger partial charge >= 0.3 is 0 Å². The molecule has 1 aliphatic carbocycles. The lowest BCUT2D eigenvalue weighted by Crippen LogP contribution is -2.40. The first-order valence-corrected chi connectivity index (χ1v) is 7.60. The minimum atomic E-state index is -0.104. The molecule has 2 aliphatic rings. The van der Waals surface area contributed by atoms with E-state index in [0.717, 1.165) is 31.4 Å². The minimum absolute atomic E-state index is 0.104. The van der Waals surface area contributed by atoms with Crippen molar-refractivity contribution in [2.75, 3.05) is 13.2 Å². The van der Waals surface area contributed by atoms with Gasteiger partial charge in [-0.15, -0.1) is 0 Å². The van der Waals surface area contributed by atoms with Gasteiger partial charge in [0.1, 0.15) is 0 Å². The number of nitrogens with zero attached hydrogens (tertiary/aromatic N) is 2. The lowest BCUT2D eigenvalue weighted by atomic mass is 9.83. The van der Waals surface area contributed by atoms with Gasteiger partial charge in [0.05, 0.1) is 17.8 Å². The Morgan fingerprint density at radius 2 is 2.43 bits per heavy atom. The summed E-state index contributed by atoms with van der Waals surface area (Å²) in [5.74, 6) is 0.351. The van der Waals surface area contributed by atoms with E-state index in [2.05, 4.69) is 10.3 Å². The van der Waals surface area contributed by atoms with Gasteiger partial charge in [-0.05, 0) is 31.4 Å². The summed E-state index contributed by atoms with van der Waals surface area (Å²) >= 11 is 0. The molecule has 5 heteroatoms. The molecule has 0 spiro atoms. The van der Waals surface area contributed by atoms with E-state index in [1.807, 2.05) is 28.8 Å². The van der Waals surface area contributed by atoms with Crippen LogP contribution in [0, 0.1) is 5.41 Å². The van der Waals surface area contributed by atoms with Crippen LogP contribution >= 0.6 is 0 Å². The number of pyridine rings is 1. The van der Waals surface area contributed by atoms with Crippen molar-refractivity contribution in [3.8, 4) is 0 Å². The summed E-state index contributed by atoms with van der Waals surface area (Å²) < 4.78 is 7.63. The number of hydrogen-bond acceptors (Lipinski definition) is 3. The lowest BCUT2D eigenvalue weighted by Gasteiger charge is -2.27. The van der Waals surface area contributed by atoms with Crippen molar-refractivity contribution in [3.63, 3.8) is 0 Å². The second-order valence-electron chi connectivity index (χ2n) is 6.12. The number of ether oxygens (including phenoxy) is 1. The first kappa shape index (κ1) is 12.8. The highest BCUT2D eigenvalue weighted by molar-refractivity contribution is 5.91. The monoisotopic (exact) mass is 285 g/mol. The average Bonchev–Trinajstić information content (AvgIpc) is 3.18. The van der Waals surface area contributed by atoms with Crippen molar-refractivity contribution in [3.05, 3.63) is 36.4 Å². The van der Waals surface area contributed by atoms with Crippen molar-refractivity contribution >= 4 is 11.4 Å². The number of carbonyl (C=O) groups excluding carboxylic acids is 1. The summed E-state index contributed by atoms with van der Waals surface area (Å²) in [7, 11) is 0. The Labute approximate surface area is 123 Å². The second-order valence-corrected chi connectivity index (χ2v) is 6.12. The Balaban J connectivity index is 1.51. The first-order valence-electron chi connectivity index (χ1n) is 7.60. The van der Waals surface area contributed by atoms with Crippen molar-refractivity contribution in [2.24, 2.45) is 5.41 Å². The van der Waals surface area contributed by atoms with E-state index in [4.69, 9.17) is 4.74 Å². The molecule has 2 aromatic rings. The summed E-state index contributed by atoms with van der Waals surface area (Å²) in [6.45, 7) is 1.52. The van der Waals surface area contributed by atoms with Crippen LogP contribution in [-0.2, 0) is 4.74 Å². The summed E-state index contributed by atoms with van der Waals surface area (Å²) in [5, 5.41) is 3.08. The van der Waals surface area contributed by atoms with E-state index in [0.29, 0.717) is 18.5 Å². The Morgan fingerprint density at radius 1 is 1.48 bits per heavy atom. The predicted molar refractivity (Wildman–Crippen MR) is 78.2 cm³/mol. The van der Waals surface area contributed by atoms with Crippen LogP contribution in [-0.4, -0.2) is 34.5 Å². The molecule has 1 amide bonds. The molecule has 1 saturated heterocycles. The molecule has 0 unspecified atom stereocenters. The molecule has 0 radical (unpaired) electrons. The van der Waals surface area contributed by atoms with Gasteiger partial charge in [-0.1, -0.05) is 12.5 Å². The maximum absolute atomic E-state index is 12.4. The smallest absolute Gasteiger partial charge is 0.287 e. The summed E-state index contributed by atoms with van der Waals surface area (Å²) in [5.41, 5.74) is 1.09. The molecule has 2 atom stereocenters. The zero-order chi connectivity index (χ0) is 14.3. The van der Waals surface area contributed by atoms with Crippen LogP contribution in [0.3, 0.4) is 0 Å². The predicted octanol–water partition coefficient (Wildman–Crippen LogP) is 2.02. The van der Waals surface area contributed by atoms with E-state index in [1.54, 1.807) is 6.20 Å². The van der Waals surface area contributed by atoms with Gasteiger partial charge in [-0.25, -0.2) is 4.98 Å². The number of fused-ring (bicyclic) bond motifs is 2. The first-order chi connectivity index (χ1) is 10.3. The van der Waals surface area contributed by atoms with Crippen LogP contribution in [0.5, 0.6) is 0 Å². The van der Waals surface area contributed by atoms with Crippen molar-refractivity contribution in [1.82, 2.24) is 14.7 Å². The van der Waals surface area contributed by atoms with Crippen LogP contribution in [0.15, 0.2) is 30.6 Å². The quantitative estimate of drug-likeness (QED) is 0.938. The van der Waals surface area contributed by atoms with E-state index in [-0.39, 0.29) is 11.3 Å². The van der Waals surface area contributed by atoms with Crippen LogP contribution < -0.4 is 5.32 Å². The molecule has 110 valence electrons. The Kier molecular flexibility index (Phi) is 2.96. The zero-order valence-corrected chi connectivity index (χ0v) is 11.9. The van der Waals surface area contributed by atoms with Gasteiger partial charge in [0, 0.05) is 24.8 Å². The van der Waals surface area contributed by atoms with E-state index in [1.165, 1.54) is 6.42 Å². The number of aromatic nitrogens is 2. The maximum atomic E-state index is 12.4. The number of imidazole rings is 1. The summed E-state index contributed by atoms with van der Waals surface area (Å²) in [4.78, 5) is 16.7.